The van der Waals surface area contributed by atoms with E-state index in [9.17, 15) is 4.79 Å². The first-order valence-electron chi connectivity index (χ1n) is 11.2. The van der Waals surface area contributed by atoms with Gasteiger partial charge in [0, 0.05) is 30.3 Å². The largest absolute Gasteiger partial charge is 0.494 e. The summed E-state index contributed by atoms with van der Waals surface area (Å²) in [6.07, 6.45) is 5.77. The maximum atomic E-state index is 12.3. The first-order valence-corrected chi connectivity index (χ1v) is 12.1. The summed E-state index contributed by atoms with van der Waals surface area (Å²) in [6.45, 7) is 5.67. The molecule has 2 aromatic heterocycles. The summed E-state index contributed by atoms with van der Waals surface area (Å²) in [5.74, 6) is 1.63. The quantitative estimate of drug-likeness (QED) is 0.506. The van der Waals surface area contributed by atoms with E-state index in [1.165, 1.54) is 37.0 Å². The van der Waals surface area contributed by atoms with Crippen LogP contribution < -0.4 is 10.1 Å². The standard InChI is InChI=1S/C23H29N5O3S/c1-2-30-19-9-7-17(8-10-19)22-26-21(31-27-22)12-11-20(29)25-23-24-18(16-32-23)15-28-13-5-3-4-6-14-28/h7-10,16H,2-6,11-15H2,1H3,(H,24,25,29). The average molecular weight is 456 g/mol. The summed E-state index contributed by atoms with van der Waals surface area (Å²) >= 11 is 1.47. The molecule has 1 aliphatic rings. The van der Waals surface area contributed by atoms with Gasteiger partial charge < -0.3 is 14.6 Å². The number of nitrogens with one attached hydrogen (secondary N) is 1. The molecule has 1 N–H and O–H groups in total. The van der Waals surface area contributed by atoms with Gasteiger partial charge in [0.25, 0.3) is 0 Å². The zero-order chi connectivity index (χ0) is 22.2. The number of carbonyl (C=O) groups is 1. The second kappa shape index (κ2) is 11.2. The van der Waals surface area contributed by atoms with E-state index < -0.39 is 0 Å². The summed E-state index contributed by atoms with van der Waals surface area (Å²) in [5, 5.41) is 9.57. The molecule has 0 radical (unpaired) electrons. The highest BCUT2D eigenvalue weighted by molar-refractivity contribution is 7.13. The highest BCUT2D eigenvalue weighted by Gasteiger charge is 2.14. The fourth-order valence-electron chi connectivity index (χ4n) is 3.70. The van der Waals surface area contributed by atoms with Gasteiger partial charge in [-0.3, -0.25) is 9.69 Å². The fourth-order valence-corrected chi connectivity index (χ4v) is 4.42. The van der Waals surface area contributed by atoms with Crippen LogP contribution in [-0.2, 0) is 17.8 Å². The number of ether oxygens (including phenoxy) is 1. The van der Waals surface area contributed by atoms with Gasteiger partial charge in [0.05, 0.1) is 12.3 Å². The molecule has 0 aliphatic carbocycles. The molecule has 3 heterocycles. The summed E-state index contributed by atoms with van der Waals surface area (Å²) in [6, 6.07) is 7.52. The van der Waals surface area contributed by atoms with E-state index in [0.717, 1.165) is 36.6 Å². The van der Waals surface area contributed by atoms with E-state index in [0.29, 0.717) is 29.9 Å². The first-order chi connectivity index (χ1) is 15.7. The molecule has 0 atom stereocenters. The van der Waals surface area contributed by atoms with Crippen molar-refractivity contribution in [3.8, 4) is 17.1 Å². The maximum absolute atomic E-state index is 12.3. The van der Waals surface area contributed by atoms with Crippen LogP contribution in [0.25, 0.3) is 11.4 Å². The number of amides is 1. The van der Waals surface area contributed by atoms with Crippen molar-refractivity contribution in [3.05, 3.63) is 41.2 Å². The SMILES string of the molecule is CCOc1ccc(-c2noc(CCC(=O)Nc3nc(CN4CCCCCC4)cs3)n2)cc1. The van der Waals surface area contributed by atoms with Gasteiger partial charge in [0.15, 0.2) is 5.13 Å². The van der Waals surface area contributed by atoms with Crippen molar-refractivity contribution in [2.75, 3.05) is 25.0 Å². The Morgan fingerprint density at radius 3 is 2.69 bits per heavy atom. The van der Waals surface area contributed by atoms with Crippen LogP contribution >= 0.6 is 11.3 Å². The van der Waals surface area contributed by atoms with Crippen molar-refractivity contribution in [1.29, 1.82) is 0 Å². The number of aromatic nitrogens is 3. The number of likely N-dealkylation sites (tertiary alicyclic amines) is 1. The molecular formula is C23H29N5O3S. The molecule has 0 saturated carbocycles. The Morgan fingerprint density at radius 1 is 1.16 bits per heavy atom. The third kappa shape index (κ3) is 6.37. The van der Waals surface area contributed by atoms with Crippen molar-refractivity contribution in [3.63, 3.8) is 0 Å². The number of rotatable bonds is 9. The predicted molar refractivity (Wildman–Crippen MR) is 124 cm³/mol. The third-order valence-electron chi connectivity index (χ3n) is 5.34. The smallest absolute Gasteiger partial charge is 0.227 e. The fraction of sp³-hybridized carbons (Fsp3) is 0.478. The van der Waals surface area contributed by atoms with Gasteiger partial charge in [-0.25, -0.2) is 4.98 Å². The molecule has 1 aliphatic heterocycles. The highest BCUT2D eigenvalue weighted by atomic mass is 32.1. The Kier molecular flexibility index (Phi) is 7.84. The lowest BCUT2D eigenvalue weighted by atomic mass is 10.2. The molecule has 3 aromatic rings. The first kappa shape index (κ1) is 22.4. The number of carbonyl (C=O) groups excluding carboxylic acids is 1. The Labute approximate surface area is 192 Å². The van der Waals surface area contributed by atoms with Gasteiger partial charge in [-0.15, -0.1) is 11.3 Å². The molecule has 9 heteroatoms. The van der Waals surface area contributed by atoms with Crippen LogP contribution in [0.15, 0.2) is 34.2 Å². The molecule has 4 rings (SSSR count). The summed E-state index contributed by atoms with van der Waals surface area (Å²) in [5.41, 5.74) is 1.86. The molecule has 32 heavy (non-hydrogen) atoms. The number of anilines is 1. The van der Waals surface area contributed by atoms with Gasteiger partial charge in [0.2, 0.25) is 17.6 Å². The van der Waals surface area contributed by atoms with E-state index >= 15 is 0 Å². The van der Waals surface area contributed by atoms with Gasteiger partial charge in [-0.2, -0.15) is 4.98 Å². The van der Waals surface area contributed by atoms with Crippen LogP contribution in [0.2, 0.25) is 0 Å². The number of benzene rings is 1. The number of nitrogens with zero attached hydrogens (tertiary/aromatic N) is 4. The normalized spacial score (nSPS) is 14.8. The maximum Gasteiger partial charge on any atom is 0.227 e. The average Bonchev–Trinajstić information content (AvgIpc) is 3.37. The Bertz CT molecular complexity index is 993. The van der Waals surface area contributed by atoms with Crippen molar-refractivity contribution < 1.29 is 14.1 Å². The molecule has 170 valence electrons. The summed E-state index contributed by atoms with van der Waals surface area (Å²) < 4.78 is 10.8. The Hall–Kier alpha value is -2.78. The van der Waals surface area contributed by atoms with Crippen molar-refractivity contribution >= 4 is 22.4 Å². The lowest BCUT2D eigenvalue weighted by Crippen LogP contribution is -2.24. The lowest BCUT2D eigenvalue weighted by Gasteiger charge is -2.17. The molecule has 1 aromatic carbocycles. The topological polar surface area (TPSA) is 93.4 Å². The molecule has 1 fully saturated rings. The van der Waals surface area contributed by atoms with Crippen molar-refractivity contribution in [1.82, 2.24) is 20.0 Å². The van der Waals surface area contributed by atoms with Crippen LogP contribution in [0, 0.1) is 0 Å². The van der Waals surface area contributed by atoms with Gasteiger partial charge in [0.1, 0.15) is 5.75 Å². The molecule has 1 saturated heterocycles. The minimum absolute atomic E-state index is 0.110. The zero-order valence-electron chi connectivity index (χ0n) is 18.4. The third-order valence-corrected chi connectivity index (χ3v) is 6.15. The van der Waals surface area contributed by atoms with Gasteiger partial charge in [-0.05, 0) is 57.1 Å². The van der Waals surface area contributed by atoms with E-state index in [-0.39, 0.29) is 12.3 Å². The molecule has 0 spiro atoms. The molecule has 1 amide bonds. The minimum atomic E-state index is -0.110. The van der Waals surface area contributed by atoms with Crippen LogP contribution in [-0.4, -0.2) is 45.6 Å². The second-order valence-corrected chi connectivity index (χ2v) is 8.71. The Balaban J connectivity index is 1.24. The van der Waals surface area contributed by atoms with E-state index in [1.54, 1.807) is 0 Å². The minimum Gasteiger partial charge on any atom is -0.494 e. The highest BCUT2D eigenvalue weighted by Crippen LogP contribution is 2.21. The molecule has 8 nitrogen and oxygen atoms in total. The predicted octanol–water partition coefficient (Wildman–Crippen LogP) is 4.54. The van der Waals surface area contributed by atoms with Gasteiger partial charge >= 0.3 is 0 Å². The number of aryl methyl sites for hydroxylation is 1. The van der Waals surface area contributed by atoms with Crippen LogP contribution in [0.1, 0.15) is 50.6 Å². The zero-order valence-corrected chi connectivity index (χ0v) is 19.2. The second-order valence-electron chi connectivity index (χ2n) is 7.85. The number of thiazole rings is 1. The number of hydrogen-bond donors (Lipinski definition) is 1. The number of hydrogen-bond acceptors (Lipinski definition) is 8. The summed E-state index contributed by atoms with van der Waals surface area (Å²) in [7, 11) is 0. The summed E-state index contributed by atoms with van der Waals surface area (Å²) in [4.78, 5) is 23.8. The Morgan fingerprint density at radius 2 is 1.94 bits per heavy atom. The monoisotopic (exact) mass is 455 g/mol. The van der Waals surface area contributed by atoms with E-state index in [2.05, 4.69) is 25.3 Å². The molecule has 0 unspecified atom stereocenters. The van der Waals surface area contributed by atoms with Crippen molar-refractivity contribution in [2.24, 2.45) is 0 Å². The molecule has 0 bridgehead atoms. The molecular weight excluding hydrogens is 426 g/mol. The van der Waals surface area contributed by atoms with Crippen LogP contribution in [0.4, 0.5) is 5.13 Å². The van der Waals surface area contributed by atoms with Crippen LogP contribution in [0.3, 0.4) is 0 Å². The lowest BCUT2D eigenvalue weighted by molar-refractivity contribution is -0.116. The van der Waals surface area contributed by atoms with Gasteiger partial charge in [-0.1, -0.05) is 18.0 Å². The van der Waals surface area contributed by atoms with E-state index in [1.807, 2.05) is 36.6 Å². The van der Waals surface area contributed by atoms with Crippen molar-refractivity contribution in [2.45, 2.75) is 52.0 Å². The van der Waals surface area contributed by atoms with E-state index in [4.69, 9.17) is 9.26 Å². The van der Waals surface area contributed by atoms with Crippen LogP contribution in [0.5, 0.6) is 5.75 Å².